The van der Waals surface area contributed by atoms with Crippen LogP contribution in [0.3, 0.4) is 0 Å². The predicted octanol–water partition coefficient (Wildman–Crippen LogP) is 2.91. The van der Waals surface area contributed by atoms with Crippen LogP contribution in [-0.4, -0.2) is 51.1 Å². The second-order valence-corrected chi connectivity index (χ2v) is 3.40. The molecule has 0 N–H and O–H groups in total. The van der Waals surface area contributed by atoms with E-state index in [1.807, 2.05) is 26.0 Å². The molecule has 0 unspecified atom stereocenters. The van der Waals surface area contributed by atoms with Crippen molar-refractivity contribution in [2.45, 2.75) is 19.9 Å². The van der Waals surface area contributed by atoms with Gasteiger partial charge >= 0.3 is 0 Å². The molecule has 0 bridgehead atoms. The van der Waals surface area contributed by atoms with Gasteiger partial charge in [0.15, 0.2) is 0 Å². The molecule has 0 aromatic heterocycles. The highest BCUT2D eigenvalue weighted by atomic mass is 128. The largest absolute Gasteiger partial charge is 0.312 e. The second kappa shape index (κ2) is 14.9. The highest BCUT2D eigenvalue weighted by molar-refractivity contribution is 15.0. The lowest BCUT2D eigenvalue weighted by Crippen LogP contribution is -2.20. The lowest BCUT2D eigenvalue weighted by molar-refractivity contribution is 0.335. The van der Waals surface area contributed by atoms with Crippen LogP contribution in [0.1, 0.15) is 13.8 Å². The Bertz CT molecular complexity index is 57.3. The predicted molar refractivity (Wildman–Crippen MR) is 76.5 cm³/mol. The molecular formula is C8H22I2N2. The summed E-state index contributed by atoms with van der Waals surface area (Å²) in [7, 11) is 10.1. The van der Waals surface area contributed by atoms with Crippen molar-refractivity contribution in [3.05, 3.63) is 0 Å². The zero-order chi connectivity index (χ0) is 10.7. The molecule has 0 saturated heterocycles. The van der Waals surface area contributed by atoms with E-state index in [1.54, 1.807) is 0 Å². The van der Waals surface area contributed by atoms with Gasteiger partial charge in [0.25, 0.3) is 0 Å². The summed E-state index contributed by atoms with van der Waals surface area (Å²) in [6, 6.07) is 0.685. The summed E-state index contributed by atoms with van der Waals surface area (Å²) >= 11 is 4.24. The van der Waals surface area contributed by atoms with Crippen LogP contribution in [0.4, 0.5) is 0 Å². The summed E-state index contributed by atoms with van der Waals surface area (Å²) in [5.74, 6) is 0. The summed E-state index contributed by atoms with van der Waals surface area (Å²) in [5, 5.41) is 0. The van der Waals surface area contributed by atoms with Gasteiger partial charge in [0.2, 0.25) is 0 Å². The van der Waals surface area contributed by atoms with Crippen molar-refractivity contribution >= 4 is 37.2 Å². The molecule has 0 fully saturated rings. The van der Waals surface area contributed by atoms with Crippen LogP contribution in [-0.2, 0) is 0 Å². The molecule has 0 aliphatic heterocycles. The first-order valence-electron chi connectivity index (χ1n) is 3.79. The third-order valence-corrected chi connectivity index (χ3v) is 1.03. The zero-order valence-corrected chi connectivity index (χ0v) is 13.5. The van der Waals surface area contributed by atoms with Crippen molar-refractivity contribution in [2.24, 2.45) is 0 Å². The Morgan fingerprint density at radius 1 is 0.833 bits per heavy atom. The van der Waals surface area contributed by atoms with E-state index in [2.05, 4.69) is 70.1 Å². The maximum absolute atomic E-state index is 2.17. The molecule has 12 heavy (non-hydrogen) atoms. The minimum absolute atomic E-state index is 0.685. The first-order valence-corrected chi connectivity index (χ1v) is 10.1. The molecule has 0 aromatic rings. The Morgan fingerprint density at radius 3 is 0.917 bits per heavy atom. The molecule has 0 rings (SSSR count). The topological polar surface area (TPSA) is 6.48 Å². The molecule has 4 heteroatoms. The standard InChI is InChI=1S/C5H13N.C3H9N.I2/c1-5(2)6(3)4;1-4(2)3;1-2/h5H,1-4H3;1-3H3;. The van der Waals surface area contributed by atoms with Crippen molar-refractivity contribution in [1.82, 2.24) is 9.80 Å². The molecule has 0 spiro atoms. The lowest BCUT2D eigenvalue weighted by atomic mass is 10.4. The van der Waals surface area contributed by atoms with Gasteiger partial charge in [0, 0.05) is 43.3 Å². The molecule has 0 radical (unpaired) electrons. The minimum Gasteiger partial charge on any atom is -0.312 e. The average Bonchev–Trinajstić information content (AvgIpc) is 1.90. The van der Waals surface area contributed by atoms with Gasteiger partial charge in [-0.1, -0.05) is 0 Å². The molecule has 0 aromatic carbocycles. The Hall–Kier alpha value is 1.38. The van der Waals surface area contributed by atoms with E-state index in [0.29, 0.717) is 6.04 Å². The van der Waals surface area contributed by atoms with Gasteiger partial charge in [-0.2, -0.15) is 0 Å². The number of hydrogen-bond acceptors (Lipinski definition) is 2. The van der Waals surface area contributed by atoms with Crippen molar-refractivity contribution in [1.29, 1.82) is 0 Å². The van der Waals surface area contributed by atoms with Crippen molar-refractivity contribution < 1.29 is 0 Å². The Labute approximate surface area is 101 Å². The lowest BCUT2D eigenvalue weighted by Gasteiger charge is -2.12. The summed E-state index contributed by atoms with van der Waals surface area (Å²) in [6.45, 7) is 4.33. The maximum atomic E-state index is 2.17. The Morgan fingerprint density at radius 2 is 0.917 bits per heavy atom. The summed E-state index contributed by atoms with van der Waals surface area (Å²) in [4.78, 5) is 4.17. The van der Waals surface area contributed by atoms with E-state index in [1.165, 1.54) is 0 Å². The molecule has 78 valence electrons. The van der Waals surface area contributed by atoms with E-state index in [4.69, 9.17) is 0 Å². The summed E-state index contributed by atoms with van der Waals surface area (Å²) in [5.41, 5.74) is 0. The van der Waals surface area contributed by atoms with Gasteiger partial charge in [-0.05, 0) is 49.1 Å². The smallest absolute Gasteiger partial charge is 0.00324 e. The van der Waals surface area contributed by atoms with Gasteiger partial charge < -0.3 is 9.80 Å². The van der Waals surface area contributed by atoms with Gasteiger partial charge in [0.05, 0.1) is 0 Å². The average molecular weight is 400 g/mol. The molecule has 0 heterocycles. The molecule has 0 saturated carbocycles. The fourth-order valence-electron chi connectivity index (χ4n) is 0. The molecule has 0 aliphatic rings. The van der Waals surface area contributed by atoms with E-state index >= 15 is 0 Å². The Balaban J connectivity index is -0.000000118. The first kappa shape index (κ1) is 19.0. The maximum Gasteiger partial charge on any atom is 0.00324 e. The number of nitrogens with zero attached hydrogens (tertiary/aromatic N) is 2. The molecule has 0 aliphatic carbocycles. The van der Waals surface area contributed by atoms with Crippen LogP contribution < -0.4 is 0 Å². The van der Waals surface area contributed by atoms with Crippen molar-refractivity contribution in [3.8, 4) is 0 Å². The quantitative estimate of drug-likeness (QED) is 0.625. The van der Waals surface area contributed by atoms with Crippen LogP contribution >= 0.6 is 37.2 Å². The van der Waals surface area contributed by atoms with Gasteiger partial charge in [-0.15, -0.1) is 0 Å². The SMILES string of the molecule is CC(C)N(C)C.CN(C)C.II. The number of hydrogen-bond donors (Lipinski definition) is 0. The molecule has 0 atom stereocenters. The van der Waals surface area contributed by atoms with Crippen molar-refractivity contribution in [2.75, 3.05) is 35.2 Å². The highest BCUT2D eigenvalue weighted by Gasteiger charge is 1.90. The fourth-order valence-corrected chi connectivity index (χ4v) is 0. The second-order valence-electron chi connectivity index (χ2n) is 3.40. The van der Waals surface area contributed by atoms with Gasteiger partial charge in [-0.3, -0.25) is 0 Å². The minimum atomic E-state index is 0.685. The number of halogens is 2. The van der Waals surface area contributed by atoms with Crippen LogP contribution in [0.15, 0.2) is 0 Å². The van der Waals surface area contributed by atoms with E-state index in [9.17, 15) is 0 Å². The van der Waals surface area contributed by atoms with Gasteiger partial charge in [0.1, 0.15) is 0 Å². The van der Waals surface area contributed by atoms with Crippen LogP contribution in [0.25, 0.3) is 0 Å². The monoisotopic (exact) mass is 400 g/mol. The highest BCUT2D eigenvalue weighted by Crippen LogP contribution is 1.89. The third-order valence-electron chi connectivity index (χ3n) is 1.03. The van der Waals surface area contributed by atoms with E-state index in [0.717, 1.165) is 0 Å². The van der Waals surface area contributed by atoms with E-state index < -0.39 is 0 Å². The zero-order valence-electron chi connectivity index (χ0n) is 9.23. The Kier molecular flexibility index (Phi) is 23.6. The summed E-state index contributed by atoms with van der Waals surface area (Å²) < 4.78 is 0. The molecule has 2 nitrogen and oxygen atoms in total. The number of rotatable bonds is 1. The summed E-state index contributed by atoms with van der Waals surface area (Å²) in [6.07, 6.45) is 0. The van der Waals surface area contributed by atoms with E-state index in [-0.39, 0.29) is 0 Å². The van der Waals surface area contributed by atoms with Crippen molar-refractivity contribution in [3.63, 3.8) is 0 Å². The van der Waals surface area contributed by atoms with Crippen LogP contribution in [0.2, 0.25) is 0 Å². The van der Waals surface area contributed by atoms with Gasteiger partial charge in [-0.25, -0.2) is 0 Å². The first-order chi connectivity index (χ1) is 5.37. The molecule has 0 amide bonds. The van der Waals surface area contributed by atoms with Crippen LogP contribution in [0, 0.1) is 0 Å². The third kappa shape index (κ3) is 42.4. The normalized spacial score (nSPS) is 9.00. The fraction of sp³-hybridized carbons (Fsp3) is 1.00. The van der Waals surface area contributed by atoms with Crippen LogP contribution in [0.5, 0.6) is 0 Å². The molecular weight excluding hydrogens is 378 g/mol.